The Hall–Kier alpha value is -1.61. The third-order valence-electron chi connectivity index (χ3n) is 1.29. The molecule has 0 saturated carbocycles. The van der Waals surface area contributed by atoms with E-state index in [0.29, 0.717) is 5.52 Å². The lowest BCUT2D eigenvalue weighted by atomic mass is 10.5. The highest BCUT2D eigenvalue weighted by Crippen LogP contribution is 2.25. The topological polar surface area (TPSA) is 158 Å². The number of nitrogens with one attached hydrogen (secondary N) is 1. The number of nitrogens with zero attached hydrogens (tertiary/aromatic N) is 3. The van der Waals surface area contributed by atoms with Gasteiger partial charge in [-0.2, -0.15) is 9.37 Å². The fraction of sp³-hybridized carbons (Fsp3) is 0. The number of aromatic nitrogens is 4. The first-order chi connectivity index (χ1) is 7.27. The van der Waals surface area contributed by atoms with Gasteiger partial charge in [0, 0.05) is 0 Å². The van der Waals surface area contributed by atoms with Crippen LogP contribution in [0.1, 0.15) is 0 Å². The van der Waals surface area contributed by atoms with E-state index in [0.717, 1.165) is 0 Å². The number of halogens is 1. The monoisotopic (exact) mass is 251 g/mol. The largest absolute Gasteiger partial charge is 0.466 e. The lowest BCUT2D eigenvalue weighted by Crippen LogP contribution is -1.91. The van der Waals surface area contributed by atoms with Crippen molar-refractivity contribution >= 4 is 24.8 Å². The number of H-pyrrole nitrogens is 1. The Kier molecular flexibility index (Phi) is 3.50. The van der Waals surface area contributed by atoms with Crippen LogP contribution in [0.3, 0.4) is 0 Å². The van der Waals surface area contributed by atoms with Crippen LogP contribution < -0.4 is 5.73 Å². The molecular formula is C5H7FN5O4P. The Balaban J connectivity index is 0.000000221. The molecule has 9 nitrogen and oxygen atoms in total. The number of nitrogens with two attached hydrogens (primary N) is 1. The highest BCUT2D eigenvalue weighted by atomic mass is 31.2. The van der Waals surface area contributed by atoms with E-state index < -0.39 is 13.9 Å². The Bertz CT molecular complexity index is 530. The molecule has 0 aliphatic carbocycles. The molecule has 0 aromatic carbocycles. The second-order valence-corrected chi connectivity index (χ2v) is 3.52. The first-order valence-corrected chi connectivity index (χ1v) is 5.24. The first-order valence-electron chi connectivity index (χ1n) is 3.67. The first kappa shape index (κ1) is 12.5. The Morgan fingerprint density at radius 1 is 1.38 bits per heavy atom. The number of rotatable bonds is 0. The second kappa shape index (κ2) is 4.49. The third-order valence-corrected chi connectivity index (χ3v) is 1.29. The average molecular weight is 251 g/mol. The van der Waals surface area contributed by atoms with Crippen molar-refractivity contribution in [1.29, 1.82) is 0 Å². The number of nitrogen functional groups attached to an aromatic ring is 1. The van der Waals surface area contributed by atoms with Gasteiger partial charge >= 0.3 is 7.82 Å². The van der Waals surface area contributed by atoms with Crippen LogP contribution in [-0.4, -0.2) is 34.6 Å². The molecular weight excluding hydrogens is 244 g/mol. The molecule has 2 rings (SSSR count). The number of phosphoric acid groups is 1. The summed E-state index contributed by atoms with van der Waals surface area (Å²) in [6.45, 7) is 0. The Morgan fingerprint density at radius 2 is 1.94 bits per heavy atom. The molecule has 16 heavy (non-hydrogen) atoms. The molecule has 0 bridgehead atoms. The zero-order chi connectivity index (χ0) is 12.3. The minimum Gasteiger partial charge on any atom is -0.382 e. The molecule has 0 amide bonds. The quantitative estimate of drug-likeness (QED) is 0.299. The van der Waals surface area contributed by atoms with E-state index in [1.807, 2.05) is 0 Å². The molecule has 2 aromatic heterocycles. The van der Waals surface area contributed by atoms with Crippen LogP contribution in [0.5, 0.6) is 0 Å². The zero-order valence-corrected chi connectivity index (χ0v) is 8.47. The van der Waals surface area contributed by atoms with Gasteiger partial charge < -0.3 is 25.4 Å². The van der Waals surface area contributed by atoms with Crippen molar-refractivity contribution < 1.29 is 23.6 Å². The van der Waals surface area contributed by atoms with E-state index in [-0.39, 0.29) is 11.5 Å². The fourth-order valence-corrected chi connectivity index (χ4v) is 0.818. The number of imidazole rings is 1. The van der Waals surface area contributed by atoms with Gasteiger partial charge in [0.05, 0.1) is 0 Å². The van der Waals surface area contributed by atoms with Crippen molar-refractivity contribution in [3.05, 3.63) is 12.4 Å². The summed E-state index contributed by atoms with van der Waals surface area (Å²) in [5.41, 5.74) is 5.96. The van der Waals surface area contributed by atoms with Crippen molar-refractivity contribution in [3.8, 4) is 0 Å². The van der Waals surface area contributed by atoms with Gasteiger partial charge in [-0.3, -0.25) is 0 Å². The molecule has 0 saturated heterocycles. The molecule has 0 atom stereocenters. The molecule has 88 valence electrons. The summed E-state index contributed by atoms with van der Waals surface area (Å²) in [5, 5.41) is 0. The number of fused-ring (bicyclic) bond motifs is 1. The van der Waals surface area contributed by atoms with E-state index >= 15 is 0 Å². The van der Waals surface area contributed by atoms with Gasteiger partial charge in [-0.05, 0) is 0 Å². The van der Waals surface area contributed by atoms with Crippen LogP contribution in [0.15, 0.2) is 6.33 Å². The van der Waals surface area contributed by atoms with Crippen molar-refractivity contribution in [2.24, 2.45) is 0 Å². The molecule has 0 aliphatic heterocycles. The summed E-state index contributed by atoms with van der Waals surface area (Å²) < 4.78 is 21.3. The molecule has 6 N–H and O–H groups in total. The van der Waals surface area contributed by atoms with Crippen LogP contribution >= 0.6 is 7.82 Å². The highest BCUT2D eigenvalue weighted by molar-refractivity contribution is 7.45. The van der Waals surface area contributed by atoms with Crippen LogP contribution in [0.2, 0.25) is 0 Å². The van der Waals surface area contributed by atoms with Crippen LogP contribution in [0.25, 0.3) is 11.2 Å². The van der Waals surface area contributed by atoms with Crippen molar-refractivity contribution in [2.45, 2.75) is 0 Å². The average Bonchev–Trinajstić information content (AvgIpc) is 2.44. The molecule has 0 radical (unpaired) electrons. The van der Waals surface area contributed by atoms with E-state index in [1.165, 1.54) is 6.33 Å². The summed E-state index contributed by atoms with van der Waals surface area (Å²) in [6, 6.07) is 0. The summed E-state index contributed by atoms with van der Waals surface area (Å²) in [5.74, 6) is 0.200. The van der Waals surface area contributed by atoms with Gasteiger partial charge in [-0.25, -0.2) is 14.5 Å². The maximum absolute atomic E-state index is 12.4. The SMILES string of the molecule is Nc1ncnc2nc(F)[nH]c12.O=P(O)(O)O. The molecule has 0 aliphatic rings. The lowest BCUT2D eigenvalue weighted by Gasteiger charge is -1.89. The van der Waals surface area contributed by atoms with E-state index in [9.17, 15) is 4.39 Å². The Labute approximate surface area is 87.4 Å². The third kappa shape index (κ3) is 3.87. The molecule has 0 fully saturated rings. The highest BCUT2D eigenvalue weighted by Gasteiger charge is 2.05. The van der Waals surface area contributed by atoms with Crippen molar-refractivity contribution in [1.82, 2.24) is 19.9 Å². The van der Waals surface area contributed by atoms with Gasteiger partial charge in [0.25, 0.3) is 6.08 Å². The second-order valence-electron chi connectivity index (χ2n) is 2.50. The lowest BCUT2D eigenvalue weighted by molar-refractivity contribution is 0.275. The predicted octanol–water partition coefficient (Wildman–Crippen LogP) is -0.854. The summed E-state index contributed by atoms with van der Waals surface area (Å²) in [7, 11) is -4.64. The number of anilines is 1. The minimum atomic E-state index is -4.64. The van der Waals surface area contributed by atoms with Gasteiger partial charge in [0.1, 0.15) is 11.8 Å². The fourth-order valence-electron chi connectivity index (χ4n) is 0.818. The van der Waals surface area contributed by atoms with E-state index in [2.05, 4.69) is 19.9 Å². The van der Waals surface area contributed by atoms with Gasteiger partial charge in [-0.1, -0.05) is 0 Å². The smallest absolute Gasteiger partial charge is 0.382 e. The summed E-state index contributed by atoms with van der Waals surface area (Å²) in [4.78, 5) is 34.6. The van der Waals surface area contributed by atoms with E-state index in [1.54, 1.807) is 0 Å². The predicted molar refractivity (Wildman–Crippen MR) is 50.3 cm³/mol. The van der Waals surface area contributed by atoms with Crippen molar-refractivity contribution in [2.75, 3.05) is 5.73 Å². The number of aromatic amines is 1. The maximum Gasteiger partial charge on any atom is 0.466 e. The van der Waals surface area contributed by atoms with Crippen LogP contribution in [0.4, 0.5) is 10.2 Å². The van der Waals surface area contributed by atoms with Crippen molar-refractivity contribution in [3.63, 3.8) is 0 Å². The summed E-state index contributed by atoms with van der Waals surface area (Å²) >= 11 is 0. The van der Waals surface area contributed by atoms with Gasteiger partial charge in [-0.15, -0.1) is 0 Å². The normalized spacial score (nSPS) is 11.0. The van der Waals surface area contributed by atoms with Gasteiger partial charge in [0.15, 0.2) is 11.5 Å². The molecule has 0 unspecified atom stereocenters. The zero-order valence-electron chi connectivity index (χ0n) is 7.57. The molecule has 11 heteroatoms. The van der Waals surface area contributed by atoms with Crippen LogP contribution in [0, 0.1) is 6.08 Å². The minimum absolute atomic E-state index is 0.200. The summed E-state index contributed by atoms with van der Waals surface area (Å²) in [6.07, 6.45) is 0.532. The van der Waals surface area contributed by atoms with Crippen LogP contribution in [-0.2, 0) is 4.57 Å². The Morgan fingerprint density at radius 3 is 2.44 bits per heavy atom. The number of hydrogen-bond donors (Lipinski definition) is 5. The molecule has 2 heterocycles. The number of hydrogen-bond acceptors (Lipinski definition) is 5. The van der Waals surface area contributed by atoms with Gasteiger partial charge in [0.2, 0.25) is 0 Å². The molecule has 0 spiro atoms. The maximum atomic E-state index is 12.4. The standard InChI is InChI=1S/C5H4FN5.H3O4P/c6-5-10-2-3(7)8-1-9-4(2)11-5;1-5(2,3)4/h1H,(H3,7,8,9,10,11);(H3,1,2,3,4). The molecule has 2 aromatic rings. The van der Waals surface area contributed by atoms with E-state index in [4.69, 9.17) is 25.0 Å².